The molecule has 0 bridgehead atoms. The fourth-order valence-electron chi connectivity index (χ4n) is 2.11. The Morgan fingerprint density at radius 3 is 2.83 bits per heavy atom. The fourth-order valence-corrected chi connectivity index (χ4v) is 2.11. The first-order valence-corrected chi connectivity index (χ1v) is 5.81. The second-order valence-electron chi connectivity index (χ2n) is 4.20. The van der Waals surface area contributed by atoms with Gasteiger partial charge in [-0.05, 0) is 18.9 Å². The first-order chi connectivity index (χ1) is 8.74. The third-order valence-corrected chi connectivity index (χ3v) is 3.05. The Morgan fingerprint density at radius 1 is 1.28 bits per heavy atom. The van der Waals surface area contributed by atoms with Gasteiger partial charge in [-0.3, -0.25) is 0 Å². The summed E-state index contributed by atoms with van der Waals surface area (Å²) in [5.41, 5.74) is 4.30. The van der Waals surface area contributed by atoms with Gasteiger partial charge in [-0.1, -0.05) is 30.3 Å². The number of fused-ring (bicyclic) bond motifs is 1. The number of aromatic nitrogens is 2. The third kappa shape index (κ3) is 2.52. The maximum absolute atomic E-state index is 7.49. The minimum atomic E-state index is 0. The van der Waals surface area contributed by atoms with E-state index in [0.717, 1.165) is 42.3 Å². The number of hydrogen-bond donors (Lipinski definition) is 0. The standard InChI is InChI=1S/C14H14N3.W/c1-10-12-9-15-8-7-13(12)17-14(16-10)11-5-3-2-4-6-11;/h2-6H,7-9H2,1H3;/q-1;/i2D;. The monoisotopic (exact) mass is 409 g/mol. The molecule has 0 saturated heterocycles. The SMILES string of the molecule is [2H]c1ccc(-c2nc(C)c3c(n2)CC[N-]C3)cc1.[W]. The Kier molecular flexibility index (Phi) is 3.82. The second-order valence-corrected chi connectivity index (χ2v) is 4.20. The summed E-state index contributed by atoms with van der Waals surface area (Å²) in [6.45, 7) is 3.62. The van der Waals surface area contributed by atoms with Crippen LogP contribution in [0, 0.1) is 6.92 Å². The first-order valence-electron chi connectivity index (χ1n) is 6.31. The quantitative estimate of drug-likeness (QED) is 0.727. The molecule has 0 saturated carbocycles. The van der Waals surface area contributed by atoms with Crippen molar-refractivity contribution < 1.29 is 22.4 Å². The summed E-state index contributed by atoms with van der Waals surface area (Å²) >= 11 is 0. The Hall–Kier alpha value is -1.05. The van der Waals surface area contributed by atoms with Gasteiger partial charge in [0.25, 0.3) is 0 Å². The summed E-state index contributed by atoms with van der Waals surface area (Å²) in [6.07, 6.45) is 0.905. The van der Waals surface area contributed by atoms with Crippen LogP contribution in [0.15, 0.2) is 30.3 Å². The van der Waals surface area contributed by atoms with Gasteiger partial charge in [-0.25, -0.2) is 9.97 Å². The van der Waals surface area contributed by atoms with E-state index in [-0.39, 0.29) is 21.1 Å². The van der Waals surface area contributed by atoms with Crippen molar-refractivity contribution in [2.75, 3.05) is 6.54 Å². The molecule has 1 aliphatic heterocycles. The van der Waals surface area contributed by atoms with Crippen LogP contribution in [0.3, 0.4) is 0 Å². The smallest absolute Gasteiger partial charge is 0.159 e. The van der Waals surface area contributed by atoms with E-state index in [4.69, 9.17) is 1.37 Å². The molecule has 3 nitrogen and oxygen atoms in total. The Balaban J connectivity index is 0.00000133. The molecule has 0 amide bonds. The molecule has 0 atom stereocenters. The van der Waals surface area contributed by atoms with E-state index in [1.54, 1.807) is 12.1 Å². The molecule has 0 unspecified atom stereocenters. The fraction of sp³-hybridized carbons (Fsp3) is 0.286. The van der Waals surface area contributed by atoms with Crippen LogP contribution in [-0.2, 0) is 34.0 Å². The largest absolute Gasteiger partial charge is 0.658 e. The minimum Gasteiger partial charge on any atom is -0.658 e. The van der Waals surface area contributed by atoms with Crippen LogP contribution in [0.4, 0.5) is 0 Å². The normalized spacial score (nSPS) is 14.4. The van der Waals surface area contributed by atoms with Gasteiger partial charge in [0.2, 0.25) is 0 Å². The molecule has 0 N–H and O–H groups in total. The molecule has 3 rings (SSSR count). The number of nitrogens with zero attached hydrogens (tertiary/aromatic N) is 3. The van der Waals surface area contributed by atoms with Crippen LogP contribution in [0.5, 0.6) is 0 Å². The molecule has 2 heterocycles. The van der Waals surface area contributed by atoms with Crippen molar-refractivity contribution in [3.8, 4) is 11.4 Å². The Bertz CT molecular complexity index is 584. The van der Waals surface area contributed by atoms with Crippen molar-refractivity contribution >= 4 is 0 Å². The average Bonchev–Trinajstić information content (AvgIpc) is 2.39. The van der Waals surface area contributed by atoms with Crippen LogP contribution in [0.1, 0.15) is 18.3 Å². The molecule has 18 heavy (non-hydrogen) atoms. The Labute approximate surface area is 123 Å². The van der Waals surface area contributed by atoms with Crippen molar-refractivity contribution in [2.24, 2.45) is 0 Å². The van der Waals surface area contributed by atoms with E-state index in [0.29, 0.717) is 6.04 Å². The molecule has 1 aromatic heterocycles. The molecule has 4 heteroatoms. The summed E-state index contributed by atoms with van der Waals surface area (Å²) < 4.78 is 7.49. The number of hydrogen-bond acceptors (Lipinski definition) is 2. The molecule has 1 aliphatic rings. The summed E-state index contributed by atoms with van der Waals surface area (Å²) in [4.78, 5) is 9.20. The predicted octanol–water partition coefficient (Wildman–Crippen LogP) is 2.88. The van der Waals surface area contributed by atoms with Crippen molar-refractivity contribution in [1.82, 2.24) is 9.97 Å². The van der Waals surface area contributed by atoms with Crippen LogP contribution >= 0.6 is 0 Å². The van der Waals surface area contributed by atoms with Crippen molar-refractivity contribution in [1.29, 1.82) is 0 Å². The van der Waals surface area contributed by atoms with Gasteiger partial charge in [-0.15, -0.1) is 13.1 Å². The molecule has 92 valence electrons. The van der Waals surface area contributed by atoms with Gasteiger partial charge in [0, 0.05) is 38.0 Å². The van der Waals surface area contributed by atoms with Crippen LogP contribution in [-0.4, -0.2) is 16.5 Å². The van der Waals surface area contributed by atoms with Gasteiger partial charge in [-0.2, -0.15) is 0 Å². The zero-order valence-electron chi connectivity index (χ0n) is 11.2. The number of aryl methyl sites for hydroxylation is 1. The van der Waals surface area contributed by atoms with Gasteiger partial charge >= 0.3 is 0 Å². The van der Waals surface area contributed by atoms with Crippen molar-refractivity contribution in [2.45, 2.75) is 19.9 Å². The predicted molar refractivity (Wildman–Crippen MR) is 67.8 cm³/mol. The van der Waals surface area contributed by atoms with Crippen LogP contribution < -0.4 is 0 Å². The molecule has 0 spiro atoms. The van der Waals surface area contributed by atoms with Crippen molar-refractivity contribution in [3.05, 3.63) is 52.6 Å². The summed E-state index contributed by atoms with van der Waals surface area (Å²) in [5, 5.41) is 4.39. The Morgan fingerprint density at radius 2 is 2.06 bits per heavy atom. The van der Waals surface area contributed by atoms with Crippen molar-refractivity contribution in [3.63, 3.8) is 0 Å². The van der Waals surface area contributed by atoms with E-state index in [2.05, 4.69) is 15.3 Å². The van der Waals surface area contributed by atoms with E-state index < -0.39 is 0 Å². The molecule has 2 aromatic rings. The van der Waals surface area contributed by atoms with E-state index in [1.807, 2.05) is 19.1 Å². The molecular weight excluding hydrogens is 394 g/mol. The summed E-state index contributed by atoms with van der Waals surface area (Å²) in [7, 11) is 0. The van der Waals surface area contributed by atoms with Crippen LogP contribution in [0.2, 0.25) is 0 Å². The maximum atomic E-state index is 7.49. The number of benzene rings is 1. The van der Waals surface area contributed by atoms with Gasteiger partial charge in [0.05, 0.1) is 1.37 Å². The maximum Gasteiger partial charge on any atom is 0.159 e. The molecule has 0 radical (unpaired) electrons. The molecule has 0 fully saturated rings. The molecule has 0 aliphatic carbocycles. The third-order valence-electron chi connectivity index (χ3n) is 3.05. The van der Waals surface area contributed by atoms with E-state index >= 15 is 0 Å². The summed E-state index contributed by atoms with van der Waals surface area (Å²) in [5.74, 6) is 0.758. The summed E-state index contributed by atoms with van der Waals surface area (Å²) in [6, 6.07) is 7.84. The molecular formula is C14H14N3W-. The van der Waals surface area contributed by atoms with E-state index in [9.17, 15) is 0 Å². The topological polar surface area (TPSA) is 39.9 Å². The first kappa shape index (κ1) is 12.0. The molecule has 1 aromatic carbocycles. The van der Waals surface area contributed by atoms with Gasteiger partial charge in [0.15, 0.2) is 5.82 Å². The number of rotatable bonds is 1. The van der Waals surface area contributed by atoms with E-state index in [1.165, 1.54) is 5.56 Å². The average molecular weight is 409 g/mol. The van der Waals surface area contributed by atoms with Gasteiger partial charge in [0.1, 0.15) is 0 Å². The van der Waals surface area contributed by atoms with Crippen LogP contribution in [0.25, 0.3) is 16.7 Å². The van der Waals surface area contributed by atoms with Gasteiger partial charge < -0.3 is 5.32 Å². The zero-order chi connectivity index (χ0) is 12.5. The second kappa shape index (κ2) is 5.73. The zero-order valence-corrected chi connectivity index (χ0v) is 13.1. The minimum absolute atomic E-state index is 0.